The Kier molecular flexibility index (Phi) is 6.59. The monoisotopic (exact) mass is 570 g/mol. The minimum atomic E-state index is -0.378. The first-order valence-electron chi connectivity index (χ1n) is 12.6. The summed E-state index contributed by atoms with van der Waals surface area (Å²) in [5.41, 5.74) is 5.48. The van der Waals surface area contributed by atoms with Crippen LogP contribution in [0.15, 0.2) is 75.7 Å². The number of pyridine rings is 1. The molecule has 3 aromatic heterocycles. The highest BCUT2D eigenvalue weighted by Crippen LogP contribution is 2.43. The van der Waals surface area contributed by atoms with Crippen molar-refractivity contribution in [2.75, 3.05) is 33.2 Å². The van der Waals surface area contributed by atoms with Crippen molar-refractivity contribution in [1.82, 2.24) is 15.3 Å². The lowest BCUT2D eigenvalue weighted by molar-refractivity contribution is 0.0964. The number of methoxy groups -OCH3 is 1. The predicted octanol–water partition coefficient (Wildman–Crippen LogP) is 7.20. The number of amides is 1. The summed E-state index contributed by atoms with van der Waals surface area (Å²) >= 11 is 6.10. The Hall–Kier alpha value is -4.89. The first kappa shape index (κ1) is 26.3. The summed E-state index contributed by atoms with van der Waals surface area (Å²) in [5, 5.41) is 3.77. The number of benzene rings is 3. The summed E-state index contributed by atoms with van der Waals surface area (Å²) in [6.07, 6.45) is 1.50. The van der Waals surface area contributed by atoms with E-state index in [1.54, 1.807) is 32.4 Å². The summed E-state index contributed by atoms with van der Waals surface area (Å²) in [6.45, 7) is 0. The molecule has 0 radical (unpaired) electrons. The predicted molar refractivity (Wildman–Crippen MR) is 157 cm³/mol. The van der Waals surface area contributed by atoms with E-state index in [-0.39, 0.29) is 11.7 Å². The third-order valence-electron chi connectivity index (χ3n) is 6.80. The number of hydrogen-bond donors (Lipinski definition) is 1. The van der Waals surface area contributed by atoms with Gasteiger partial charge in [0.15, 0.2) is 0 Å². The fourth-order valence-electron chi connectivity index (χ4n) is 4.84. The molecule has 1 N–H and O–H groups in total. The number of aromatic nitrogens is 2. The standard InChI is InChI=1S/C31H24ClFN4O4/c1-34-29(38)27-21-13-20(24(37(2)3)14-26(21)40-28(27)16-5-8-19(33)9-6-16)17-7-10-25(39-4)22(11-17)30-36-23-12-18(32)15-35-31(23)41-30/h5-15H,1-4H3,(H,34,38). The topological polar surface area (TPSA) is 93.6 Å². The van der Waals surface area contributed by atoms with Gasteiger partial charge in [-0.1, -0.05) is 17.7 Å². The Morgan fingerprint density at radius 1 is 1.00 bits per heavy atom. The van der Waals surface area contributed by atoms with Crippen LogP contribution in [0.25, 0.3) is 56.1 Å². The number of carbonyl (C=O) groups is 1. The maximum atomic E-state index is 13.7. The number of halogens is 2. The van der Waals surface area contributed by atoms with E-state index in [1.807, 2.05) is 49.3 Å². The molecule has 3 heterocycles. The van der Waals surface area contributed by atoms with Crippen LogP contribution in [0.5, 0.6) is 5.75 Å². The molecule has 0 saturated carbocycles. The van der Waals surface area contributed by atoms with E-state index >= 15 is 0 Å². The molecule has 0 aliphatic carbocycles. The van der Waals surface area contributed by atoms with E-state index in [0.29, 0.717) is 61.3 Å². The van der Waals surface area contributed by atoms with Gasteiger partial charge in [-0.2, -0.15) is 0 Å². The zero-order valence-electron chi connectivity index (χ0n) is 22.6. The molecule has 6 aromatic rings. The van der Waals surface area contributed by atoms with Crippen molar-refractivity contribution in [3.05, 3.63) is 83.3 Å². The second-order valence-corrected chi connectivity index (χ2v) is 10.0. The highest BCUT2D eigenvalue weighted by Gasteiger charge is 2.25. The molecule has 8 nitrogen and oxygen atoms in total. The Morgan fingerprint density at radius 2 is 1.76 bits per heavy atom. The molecule has 0 fully saturated rings. The second-order valence-electron chi connectivity index (χ2n) is 9.56. The molecule has 0 unspecified atom stereocenters. The molecule has 6 rings (SSSR count). The average Bonchev–Trinajstić information content (AvgIpc) is 3.57. The minimum Gasteiger partial charge on any atom is -0.496 e. The van der Waals surface area contributed by atoms with Gasteiger partial charge in [-0.05, 0) is 54.1 Å². The van der Waals surface area contributed by atoms with Crippen molar-refractivity contribution in [2.24, 2.45) is 0 Å². The van der Waals surface area contributed by atoms with Crippen molar-refractivity contribution in [3.63, 3.8) is 0 Å². The quantitative estimate of drug-likeness (QED) is 0.226. The van der Waals surface area contributed by atoms with Gasteiger partial charge in [-0.25, -0.2) is 14.4 Å². The van der Waals surface area contributed by atoms with E-state index in [1.165, 1.54) is 18.3 Å². The number of carbonyl (C=O) groups excluding carboxylic acids is 1. The number of hydrogen-bond acceptors (Lipinski definition) is 7. The van der Waals surface area contributed by atoms with Gasteiger partial charge in [0.1, 0.15) is 28.4 Å². The zero-order valence-corrected chi connectivity index (χ0v) is 23.3. The van der Waals surface area contributed by atoms with Gasteiger partial charge >= 0.3 is 0 Å². The summed E-state index contributed by atoms with van der Waals surface area (Å²) in [7, 11) is 6.98. The van der Waals surface area contributed by atoms with Gasteiger partial charge in [-0.15, -0.1) is 0 Å². The largest absolute Gasteiger partial charge is 0.496 e. The third-order valence-corrected chi connectivity index (χ3v) is 7.01. The number of rotatable bonds is 6. The highest BCUT2D eigenvalue weighted by molar-refractivity contribution is 6.31. The van der Waals surface area contributed by atoms with Gasteiger partial charge in [0.2, 0.25) is 11.6 Å². The minimum absolute atomic E-state index is 0.320. The third kappa shape index (κ3) is 4.64. The van der Waals surface area contributed by atoms with Crippen molar-refractivity contribution in [2.45, 2.75) is 0 Å². The van der Waals surface area contributed by atoms with Crippen LogP contribution in [-0.2, 0) is 0 Å². The van der Waals surface area contributed by atoms with Crippen molar-refractivity contribution < 1.29 is 22.8 Å². The molecule has 0 atom stereocenters. The lowest BCUT2D eigenvalue weighted by atomic mass is 9.96. The SMILES string of the molecule is CNC(=O)c1c(-c2ccc(F)cc2)oc2cc(N(C)C)c(-c3ccc(OC)c(-c4nc5cc(Cl)cnc5o4)c3)cc12. The normalized spacial score (nSPS) is 11.3. The van der Waals surface area contributed by atoms with Crippen LogP contribution in [-0.4, -0.2) is 44.1 Å². The van der Waals surface area contributed by atoms with Crippen molar-refractivity contribution in [1.29, 1.82) is 0 Å². The number of anilines is 1. The summed E-state index contributed by atoms with van der Waals surface area (Å²) in [4.78, 5) is 23.9. The summed E-state index contributed by atoms with van der Waals surface area (Å²) < 4.78 is 31.5. The molecule has 10 heteroatoms. The number of furan rings is 1. The van der Waals surface area contributed by atoms with Crippen LogP contribution >= 0.6 is 11.6 Å². The molecule has 0 aliphatic heterocycles. The van der Waals surface area contributed by atoms with Gasteiger partial charge in [0, 0.05) is 55.6 Å². The first-order valence-corrected chi connectivity index (χ1v) is 13.0. The molecule has 0 saturated heterocycles. The number of fused-ring (bicyclic) bond motifs is 2. The Labute approximate surface area is 239 Å². The molecular weight excluding hydrogens is 547 g/mol. The van der Waals surface area contributed by atoms with E-state index in [0.717, 1.165) is 16.8 Å². The Balaban J connectivity index is 1.58. The maximum absolute atomic E-state index is 13.7. The fourth-order valence-corrected chi connectivity index (χ4v) is 5.00. The lowest BCUT2D eigenvalue weighted by Crippen LogP contribution is -2.18. The zero-order chi connectivity index (χ0) is 28.8. The van der Waals surface area contributed by atoms with Crippen LogP contribution in [0, 0.1) is 5.82 Å². The van der Waals surface area contributed by atoms with Crippen molar-refractivity contribution in [3.8, 4) is 39.7 Å². The van der Waals surface area contributed by atoms with Crippen LogP contribution < -0.4 is 15.0 Å². The van der Waals surface area contributed by atoms with E-state index in [4.69, 9.17) is 25.2 Å². The van der Waals surface area contributed by atoms with Crippen LogP contribution in [0.3, 0.4) is 0 Å². The molecule has 3 aromatic carbocycles. The molecular formula is C31H24ClFN4O4. The van der Waals surface area contributed by atoms with Gasteiger partial charge in [-0.3, -0.25) is 4.79 Å². The number of nitrogens with one attached hydrogen (secondary N) is 1. The summed E-state index contributed by atoms with van der Waals surface area (Å²) in [5.74, 6) is 0.548. The molecule has 206 valence electrons. The molecule has 0 spiro atoms. The Morgan fingerprint density at radius 3 is 2.46 bits per heavy atom. The van der Waals surface area contributed by atoms with Gasteiger partial charge < -0.3 is 23.8 Å². The van der Waals surface area contributed by atoms with Crippen molar-refractivity contribution >= 4 is 45.4 Å². The van der Waals surface area contributed by atoms with E-state index in [2.05, 4.69) is 15.3 Å². The molecule has 1 amide bonds. The lowest BCUT2D eigenvalue weighted by Gasteiger charge is -2.19. The molecule has 0 aliphatic rings. The van der Waals surface area contributed by atoms with Crippen LogP contribution in [0.4, 0.5) is 10.1 Å². The molecule has 41 heavy (non-hydrogen) atoms. The maximum Gasteiger partial charge on any atom is 0.255 e. The van der Waals surface area contributed by atoms with Crippen LogP contribution in [0.2, 0.25) is 5.02 Å². The Bertz CT molecular complexity index is 1950. The van der Waals surface area contributed by atoms with Crippen LogP contribution in [0.1, 0.15) is 10.4 Å². The number of ether oxygens (including phenoxy) is 1. The van der Waals surface area contributed by atoms with Gasteiger partial charge in [0.05, 0.1) is 23.3 Å². The first-order chi connectivity index (χ1) is 19.8. The fraction of sp³-hybridized carbons (Fsp3) is 0.129. The molecule has 0 bridgehead atoms. The highest BCUT2D eigenvalue weighted by atomic mass is 35.5. The number of nitrogens with zero attached hydrogens (tertiary/aromatic N) is 3. The second kappa shape index (κ2) is 10.3. The van der Waals surface area contributed by atoms with E-state index < -0.39 is 0 Å². The van der Waals surface area contributed by atoms with E-state index in [9.17, 15) is 9.18 Å². The van der Waals surface area contributed by atoms with Gasteiger partial charge in [0.25, 0.3) is 5.91 Å². The number of oxazole rings is 1. The average molecular weight is 571 g/mol. The smallest absolute Gasteiger partial charge is 0.255 e. The summed E-state index contributed by atoms with van der Waals surface area (Å²) in [6, 6.07) is 17.0.